The smallest absolute Gasteiger partial charge is 0.302 e. The van der Waals surface area contributed by atoms with E-state index >= 15 is 0 Å². The third-order valence-electron chi connectivity index (χ3n) is 3.49. The van der Waals surface area contributed by atoms with Crippen molar-refractivity contribution in [3.05, 3.63) is 0 Å². The lowest BCUT2D eigenvalue weighted by molar-refractivity contribution is 0.0254. The van der Waals surface area contributed by atoms with Gasteiger partial charge in [0.1, 0.15) is 0 Å². The van der Waals surface area contributed by atoms with Crippen LogP contribution in [0, 0.1) is 11.3 Å². The van der Waals surface area contributed by atoms with Gasteiger partial charge in [-0.25, -0.2) is 0 Å². The van der Waals surface area contributed by atoms with Gasteiger partial charge >= 0.3 is 7.68 Å². The molecule has 0 saturated heterocycles. The fourth-order valence-electron chi connectivity index (χ4n) is 2.49. The van der Waals surface area contributed by atoms with Crippen molar-refractivity contribution < 1.29 is 13.3 Å². The van der Waals surface area contributed by atoms with Crippen LogP contribution in [0.3, 0.4) is 0 Å². The maximum Gasteiger partial charge on any atom is 0.367 e. The monoisotopic (exact) mass is 250 g/mol. The predicted molar refractivity (Wildman–Crippen MR) is 65.5 cm³/mol. The van der Waals surface area contributed by atoms with Crippen LogP contribution in [0.25, 0.3) is 0 Å². The van der Waals surface area contributed by atoms with Gasteiger partial charge in [0.25, 0.3) is 0 Å². The molecule has 3 unspecified atom stereocenters. The Labute approximate surface area is 98.5 Å². The van der Waals surface area contributed by atoms with Crippen LogP contribution in [-0.2, 0) is 9.09 Å². The first-order chi connectivity index (χ1) is 7.26. The van der Waals surface area contributed by atoms with E-state index < -0.39 is 7.68 Å². The molecular formula is C12H24FO2P. The minimum Gasteiger partial charge on any atom is -0.302 e. The second kappa shape index (κ2) is 5.18. The number of hydrogen-bond donors (Lipinski definition) is 0. The number of rotatable bonds is 3. The predicted octanol–water partition coefficient (Wildman–Crippen LogP) is 4.79. The zero-order valence-electron chi connectivity index (χ0n) is 10.8. The van der Waals surface area contributed by atoms with Crippen LogP contribution < -0.4 is 0 Å². The molecule has 0 amide bonds. The van der Waals surface area contributed by atoms with E-state index in [4.69, 9.17) is 4.52 Å². The first-order valence-corrected chi connectivity index (χ1v) is 7.93. The fraction of sp³-hybridized carbons (Fsp3) is 1.00. The third-order valence-corrected chi connectivity index (χ3v) is 4.83. The Morgan fingerprint density at radius 2 is 1.88 bits per heavy atom. The minimum absolute atomic E-state index is 0.0135. The summed E-state index contributed by atoms with van der Waals surface area (Å²) in [4.78, 5) is 0. The van der Waals surface area contributed by atoms with Gasteiger partial charge in [0.2, 0.25) is 0 Å². The van der Waals surface area contributed by atoms with E-state index in [0.29, 0.717) is 5.92 Å². The van der Waals surface area contributed by atoms with Gasteiger partial charge in [-0.05, 0) is 24.2 Å². The van der Waals surface area contributed by atoms with Crippen molar-refractivity contribution in [3.8, 4) is 0 Å². The summed E-state index contributed by atoms with van der Waals surface area (Å²) in [6.07, 6.45) is 3.95. The second-order valence-corrected chi connectivity index (χ2v) is 7.83. The Morgan fingerprint density at radius 3 is 2.38 bits per heavy atom. The van der Waals surface area contributed by atoms with Crippen molar-refractivity contribution in [2.24, 2.45) is 11.3 Å². The van der Waals surface area contributed by atoms with E-state index in [2.05, 4.69) is 20.8 Å². The van der Waals surface area contributed by atoms with Gasteiger partial charge in [-0.3, -0.25) is 4.57 Å². The van der Waals surface area contributed by atoms with E-state index in [1.54, 1.807) is 6.92 Å². The second-order valence-electron chi connectivity index (χ2n) is 5.81. The molecule has 0 N–H and O–H groups in total. The van der Waals surface area contributed by atoms with Crippen molar-refractivity contribution in [2.45, 2.75) is 59.5 Å². The lowest BCUT2D eigenvalue weighted by atomic mass is 9.71. The van der Waals surface area contributed by atoms with Gasteiger partial charge in [0, 0.05) is 0 Å². The lowest BCUT2D eigenvalue weighted by Crippen LogP contribution is -2.36. The summed E-state index contributed by atoms with van der Waals surface area (Å²) in [5, 5.41) is 0. The zero-order chi connectivity index (χ0) is 12.4. The Morgan fingerprint density at radius 1 is 1.31 bits per heavy atom. The molecule has 0 spiro atoms. The molecule has 1 rings (SSSR count). The molecule has 2 nitrogen and oxygen atoms in total. The molecule has 0 heterocycles. The van der Waals surface area contributed by atoms with E-state index in [1.165, 1.54) is 6.42 Å². The summed E-state index contributed by atoms with van der Waals surface area (Å²) in [6.45, 7) is 8.02. The maximum absolute atomic E-state index is 13.5. The van der Waals surface area contributed by atoms with E-state index in [0.717, 1.165) is 19.3 Å². The highest BCUT2D eigenvalue weighted by Gasteiger charge is 2.38. The van der Waals surface area contributed by atoms with Crippen molar-refractivity contribution in [1.82, 2.24) is 0 Å². The number of hydrogen-bond acceptors (Lipinski definition) is 2. The first-order valence-electron chi connectivity index (χ1n) is 6.23. The molecular weight excluding hydrogens is 226 g/mol. The van der Waals surface area contributed by atoms with Crippen LogP contribution in [0.1, 0.15) is 53.4 Å². The van der Waals surface area contributed by atoms with Gasteiger partial charge < -0.3 is 4.52 Å². The van der Waals surface area contributed by atoms with Crippen LogP contribution in [0.15, 0.2) is 0 Å². The molecule has 1 aliphatic carbocycles. The quantitative estimate of drug-likeness (QED) is 0.673. The average Bonchev–Trinajstić information content (AvgIpc) is 2.16. The van der Waals surface area contributed by atoms with E-state index in [-0.39, 0.29) is 17.7 Å². The van der Waals surface area contributed by atoms with Crippen molar-refractivity contribution in [2.75, 3.05) is 6.16 Å². The molecule has 1 fully saturated rings. The molecule has 0 aromatic rings. The van der Waals surface area contributed by atoms with E-state index in [9.17, 15) is 8.76 Å². The van der Waals surface area contributed by atoms with Crippen LogP contribution >= 0.6 is 7.68 Å². The molecule has 0 aromatic heterocycles. The van der Waals surface area contributed by atoms with Gasteiger partial charge in [-0.2, -0.15) is 4.20 Å². The highest BCUT2D eigenvalue weighted by molar-refractivity contribution is 7.53. The Hall–Kier alpha value is 0.120. The molecule has 1 aliphatic rings. The molecule has 0 aliphatic heterocycles. The fourth-order valence-corrected chi connectivity index (χ4v) is 3.30. The van der Waals surface area contributed by atoms with Gasteiger partial charge in [-0.15, -0.1) is 0 Å². The molecule has 0 radical (unpaired) electrons. The van der Waals surface area contributed by atoms with Gasteiger partial charge in [0.15, 0.2) is 0 Å². The van der Waals surface area contributed by atoms with E-state index in [1.807, 2.05) is 0 Å². The SMILES string of the molecule is CCP(=O)(F)OC1CCCCC1C(C)(C)C. The molecule has 0 bridgehead atoms. The highest BCUT2D eigenvalue weighted by atomic mass is 31.2. The number of halogens is 1. The molecule has 3 atom stereocenters. The molecule has 4 heteroatoms. The highest BCUT2D eigenvalue weighted by Crippen LogP contribution is 2.53. The van der Waals surface area contributed by atoms with Crippen molar-refractivity contribution in [3.63, 3.8) is 0 Å². The van der Waals surface area contributed by atoms with Gasteiger partial charge in [0.05, 0.1) is 12.3 Å². The Kier molecular flexibility index (Phi) is 4.59. The minimum atomic E-state index is -3.85. The molecule has 16 heavy (non-hydrogen) atoms. The first kappa shape index (κ1) is 14.2. The summed E-state index contributed by atoms with van der Waals surface area (Å²) in [6, 6.07) is 0. The normalized spacial score (nSPS) is 31.1. The summed E-state index contributed by atoms with van der Waals surface area (Å²) in [7, 11) is -3.85. The van der Waals surface area contributed by atoms with Crippen LogP contribution in [0.5, 0.6) is 0 Å². The summed E-state index contributed by atoms with van der Waals surface area (Å²) in [5.41, 5.74) is 0.0961. The third kappa shape index (κ3) is 3.85. The van der Waals surface area contributed by atoms with Crippen molar-refractivity contribution >= 4 is 7.68 Å². The maximum atomic E-state index is 13.5. The summed E-state index contributed by atoms with van der Waals surface area (Å²) >= 11 is 0. The Balaban J connectivity index is 2.72. The molecule has 96 valence electrons. The van der Waals surface area contributed by atoms with Crippen LogP contribution in [0.4, 0.5) is 4.20 Å². The molecule has 0 aromatic carbocycles. The lowest BCUT2D eigenvalue weighted by Gasteiger charge is -2.40. The zero-order valence-corrected chi connectivity index (χ0v) is 11.7. The largest absolute Gasteiger partial charge is 0.367 e. The molecule has 1 saturated carbocycles. The summed E-state index contributed by atoms with van der Waals surface area (Å²) in [5.74, 6) is 0.317. The Bertz CT molecular complexity index is 273. The van der Waals surface area contributed by atoms with Crippen LogP contribution in [0.2, 0.25) is 0 Å². The topological polar surface area (TPSA) is 26.3 Å². The van der Waals surface area contributed by atoms with Crippen LogP contribution in [-0.4, -0.2) is 12.3 Å². The summed E-state index contributed by atoms with van der Waals surface area (Å²) < 4.78 is 30.2. The standard InChI is InChI=1S/C12H24FO2P/c1-5-16(13,14)15-11-9-7-6-8-10(11)12(2,3)4/h10-11H,5-9H2,1-4H3. The van der Waals surface area contributed by atoms with Gasteiger partial charge in [-0.1, -0.05) is 40.5 Å². The van der Waals surface area contributed by atoms with Crippen molar-refractivity contribution in [1.29, 1.82) is 0 Å². The average molecular weight is 250 g/mol.